The summed E-state index contributed by atoms with van der Waals surface area (Å²) < 4.78 is 14.3. The zero-order valence-corrected chi connectivity index (χ0v) is 14.2. The Labute approximate surface area is 141 Å². The van der Waals surface area contributed by atoms with Crippen LogP contribution in [0.5, 0.6) is 0 Å². The summed E-state index contributed by atoms with van der Waals surface area (Å²) in [6.07, 6.45) is 1.03. The van der Waals surface area contributed by atoms with Gasteiger partial charge in [0.05, 0.1) is 15.2 Å². The van der Waals surface area contributed by atoms with Gasteiger partial charge in [-0.05, 0) is 31.2 Å². The molecule has 2 aromatic rings. The number of nitrogens with one attached hydrogen (secondary N) is 2. The van der Waals surface area contributed by atoms with Crippen LogP contribution in [0, 0.1) is 11.7 Å². The topological polar surface area (TPSA) is 54.0 Å². The number of rotatable bonds is 2. The highest BCUT2D eigenvalue weighted by molar-refractivity contribution is 8.04. The van der Waals surface area contributed by atoms with Crippen LogP contribution in [0.15, 0.2) is 23.2 Å². The largest absolute Gasteiger partial charge is 0.321 e. The molecular weight excluding hydrogens is 333 g/mol. The number of benzene rings is 1. The lowest BCUT2D eigenvalue weighted by Gasteiger charge is -2.26. The highest BCUT2D eigenvalue weighted by Crippen LogP contribution is 2.49. The van der Waals surface area contributed by atoms with Crippen LogP contribution in [0.2, 0.25) is 0 Å². The van der Waals surface area contributed by atoms with Crippen molar-refractivity contribution in [1.82, 2.24) is 15.6 Å². The number of hydrogen-bond donors (Lipinski definition) is 2. The van der Waals surface area contributed by atoms with E-state index in [4.69, 9.17) is 4.98 Å². The van der Waals surface area contributed by atoms with Crippen molar-refractivity contribution in [3.63, 3.8) is 0 Å². The molecule has 4 nitrogen and oxygen atoms in total. The maximum Gasteiger partial charge on any atom is 0.221 e. The molecule has 120 valence electrons. The van der Waals surface area contributed by atoms with E-state index in [-0.39, 0.29) is 11.7 Å². The van der Waals surface area contributed by atoms with Gasteiger partial charge in [-0.1, -0.05) is 0 Å². The van der Waals surface area contributed by atoms with Crippen LogP contribution < -0.4 is 10.6 Å². The van der Waals surface area contributed by atoms with E-state index in [1.54, 1.807) is 17.8 Å². The molecule has 2 N–H and O–H groups in total. The average Bonchev–Trinajstić information content (AvgIpc) is 3.05. The van der Waals surface area contributed by atoms with Crippen molar-refractivity contribution in [1.29, 1.82) is 0 Å². The second-order valence-electron chi connectivity index (χ2n) is 5.81. The molecule has 3 heterocycles. The van der Waals surface area contributed by atoms with Crippen molar-refractivity contribution in [2.24, 2.45) is 5.92 Å². The van der Waals surface area contributed by atoms with Gasteiger partial charge in [0.1, 0.15) is 10.8 Å². The molecule has 23 heavy (non-hydrogen) atoms. The quantitative estimate of drug-likeness (QED) is 0.875. The number of aromatic nitrogens is 1. The summed E-state index contributed by atoms with van der Waals surface area (Å²) in [5.41, 5.74) is 1.93. The van der Waals surface area contributed by atoms with E-state index in [0.717, 1.165) is 45.3 Å². The number of hydrogen-bond acceptors (Lipinski definition) is 5. The van der Waals surface area contributed by atoms with Crippen LogP contribution in [-0.4, -0.2) is 29.2 Å². The fourth-order valence-electron chi connectivity index (χ4n) is 3.19. The van der Waals surface area contributed by atoms with Crippen LogP contribution in [0.4, 0.5) is 4.39 Å². The number of piperidine rings is 1. The van der Waals surface area contributed by atoms with E-state index in [0.29, 0.717) is 11.2 Å². The molecule has 7 heteroatoms. The van der Waals surface area contributed by atoms with Crippen LogP contribution in [-0.2, 0) is 4.79 Å². The number of fused-ring (bicyclic) bond motifs is 2. The molecule has 0 radical (unpaired) electrons. The number of thiazole rings is 1. The standard InChI is InChI=1S/C16H16FN3OS2/c1-8(21)19-15-14(10-4-5-18-7-13(10)23-15)16-20-11-3-2-9(17)6-12(11)22-16/h2-3,6,10,13,18H,4-5,7H2,1H3,(H,19,21). The Bertz CT molecular complexity index is 817. The van der Waals surface area contributed by atoms with Gasteiger partial charge >= 0.3 is 0 Å². The molecule has 0 saturated carbocycles. The second kappa shape index (κ2) is 5.89. The Morgan fingerprint density at radius 1 is 1.48 bits per heavy atom. The Balaban J connectivity index is 1.81. The van der Waals surface area contributed by atoms with Crippen molar-refractivity contribution in [2.75, 3.05) is 13.1 Å². The molecule has 1 amide bonds. The van der Waals surface area contributed by atoms with Crippen LogP contribution >= 0.6 is 23.1 Å². The monoisotopic (exact) mass is 349 g/mol. The van der Waals surface area contributed by atoms with E-state index in [1.165, 1.54) is 30.4 Å². The molecule has 1 aromatic carbocycles. The minimum absolute atomic E-state index is 0.0660. The van der Waals surface area contributed by atoms with Gasteiger partial charge in [-0.3, -0.25) is 4.79 Å². The third-order valence-corrected chi connectivity index (χ3v) is 6.59. The summed E-state index contributed by atoms with van der Waals surface area (Å²) in [6, 6.07) is 4.67. The first-order valence-electron chi connectivity index (χ1n) is 7.57. The average molecular weight is 349 g/mol. The molecule has 2 atom stereocenters. The van der Waals surface area contributed by atoms with Crippen molar-refractivity contribution in [3.05, 3.63) is 34.1 Å². The van der Waals surface area contributed by atoms with Crippen molar-refractivity contribution in [2.45, 2.75) is 18.6 Å². The highest BCUT2D eigenvalue weighted by Gasteiger charge is 2.39. The number of nitrogens with zero attached hydrogens (tertiary/aromatic N) is 1. The number of thioether (sulfide) groups is 1. The summed E-state index contributed by atoms with van der Waals surface area (Å²) in [4.78, 5) is 16.3. The molecule has 2 aliphatic heterocycles. The normalized spacial score (nSPS) is 24.1. The molecular formula is C16H16FN3OS2. The lowest BCUT2D eigenvalue weighted by atomic mass is 9.90. The number of carbonyl (C=O) groups excluding carboxylic acids is 1. The molecule has 4 rings (SSSR count). The first-order chi connectivity index (χ1) is 11.1. The Hall–Kier alpha value is -1.44. The Morgan fingerprint density at radius 2 is 2.35 bits per heavy atom. The third kappa shape index (κ3) is 2.77. The van der Waals surface area contributed by atoms with Gasteiger partial charge in [-0.25, -0.2) is 9.37 Å². The minimum Gasteiger partial charge on any atom is -0.321 e. The first kappa shape index (κ1) is 15.1. The van der Waals surface area contributed by atoms with E-state index in [9.17, 15) is 9.18 Å². The lowest BCUT2D eigenvalue weighted by molar-refractivity contribution is -0.118. The summed E-state index contributed by atoms with van der Waals surface area (Å²) in [7, 11) is 0. The molecule has 0 bridgehead atoms. The van der Waals surface area contributed by atoms with Gasteiger partial charge in [-0.15, -0.1) is 23.1 Å². The molecule has 1 aromatic heterocycles. The molecule has 1 fully saturated rings. The zero-order valence-electron chi connectivity index (χ0n) is 12.6. The predicted molar refractivity (Wildman–Crippen MR) is 92.7 cm³/mol. The number of halogens is 1. The van der Waals surface area contributed by atoms with E-state index in [1.807, 2.05) is 0 Å². The molecule has 1 saturated heterocycles. The molecule has 2 unspecified atom stereocenters. The van der Waals surface area contributed by atoms with Gasteiger partial charge in [-0.2, -0.15) is 0 Å². The smallest absolute Gasteiger partial charge is 0.221 e. The SMILES string of the molecule is CC(=O)NC1=C(c2nc3ccc(F)cc3s2)C2CCNCC2S1. The highest BCUT2D eigenvalue weighted by atomic mass is 32.2. The summed E-state index contributed by atoms with van der Waals surface area (Å²) >= 11 is 3.22. The Kier molecular flexibility index (Phi) is 3.87. The summed E-state index contributed by atoms with van der Waals surface area (Å²) in [5.74, 6) is 0.0709. The Morgan fingerprint density at radius 3 is 3.17 bits per heavy atom. The molecule has 0 aliphatic carbocycles. The first-order valence-corrected chi connectivity index (χ1v) is 9.27. The third-order valence-electron chi connectivity index (χ3n) is 4.18. The van der Waals surface area contributed by atoms with Crippen molar-refractivity contribution in [3.8, 4) is 0 Å². The summed E-state index contributed by atoms with van der Waals surface area (Å²) in [6.45, 7) is 3.43. The van der Waals surface area contributed by atoms with Gasteiger partial charge in [0.15, 0.2) is 0 Å². The number of amides is 1. The van der Waals surface area contributed by atoms with Crippen LogP contribution in [0.1, 0.15) is 18.4 Å². The molecule has 2 aliphatic rings. The van der Waals surface area contributed by atoms with Gasteiger partial charge in [0.25, 0.3) is 0 Å². The van der Waals surface area contributed by atoms with Gasteiger partial charge in [0.2, 0.25) is 5.91 Å². The predicted octanol–water partition coefficient (Wildman–Crippen LogP) is 2.97. The fraction of sp³-hybridized carbons (Fsp3) is 0.375. The van der Waals surface area contributed by atoms with Crippen molar-refractivity contribution < 1.29 is 9.18 Å². The van der Waals surface area contributed by atoms with Crippen LogP contribution in [0.3, 0.4) is 0 Å². The minimum atomic E-state index is -0.246. The van der Waals surface area contributed by atoms with E-state index >= 15 is 0 Å². The van der Waals surface area contributed by atoms with Crippen molar-refractivity contribution >= 4 is 44.8 Å². The van der Waals surface area contributed by atoms with Crippen LogP contribution in [0.25, 0.3) is 15.8 Å². The second-order valence-corrected chi connectivity index (χ2v) is 8.09. The van der Waals surface area contributed by atoms with E-state index in [2.05, 4.69) is 10.6 Å². The fourth-order valence-corrected chi connectivity index (χ4v) is 5.88. The maximum absolute atomic E-state index is 13.4. The number of carbonyl (C=O) groups is 1. The van der Waals surface area contributed by atoms with Gasteiger partial charge < -0.3 is 10.6 Å². The maximum atomic E-state index is 13.4. The lowest BCUT2D eigenvalue weighted by Crippen LogP contribution is -2.37. The number of allylic oxidation sites excluding steroid dienone is 1. The zero-order chi connectivity index (χ0) is 16.0. The molecule has 0 spiro atoms. The van der Waals surface area contributed by atoms with E-state index < -0.39 is 0 Å². The summed E-state index contributed by atoms with van der Waals surface area (Å²) in [5, 5.41) is 8.61. The van der Waals surface area contributed by atoms with Gasteiger partial charge in [0, 0.05) is 30.2 Å².